The molecule has 2 aromatic carbocycles. The highest BCUT2D eigenvalue weighted by molar-refractivity contribution is 5.41. The molecule has 2 aromatic rings. The van der Waals surface area contributed by atoms with Crippen molar-refractivity contribution in [3.63, 3.8) is 0 Å². The van der Waals surface area contributed by atoms with E-state index in [-0.39, 0.29) is 5.82 Å². The van der Waals surface area contributed by atoms with Gasteiger partial charge in [-0.1, -0.05) is 36.8 Å². The summed E-state index contributed by atoms with van der Waals surface area (Å²) >= 11 is 0. The molecule has 0 radical (unpaired) electrons. The Bertz CT molecular complexity index is 645. The normalized spacial score (nSPS) is 18.5. The number of halogens is 1. The molecule has 0 spiro atoms. The molecule has 0 amide bonds. The second kappa shape index (κ2) is 8.27. The zero-order valence-corrected chi connectivity index (χ0v) is 14.3. The Morgan fingerprint density at radius 2 is 1.96 bits per heavy atom. The van der Waals surface area contributed by atoms with Crippen molar-refractivity contribution in [2.45, 2.75) is 45.3 Å². The third-order valence-electron chi connectivity index (χ3n) is 4.73. The molecule has 0 saturated carbocycles. The Labute approximate surface area is 143 Å². The maximum absolute atomic E-state index is 14.4. The predicted octanol–water partition coefficient (Wildman–Crippen LogP) is 4.32. The van der Waals surface area contributed by atoms with Gasteiger partial charge in [0.1, 0.15) is 5.82 Å². The number of nitrogens with one attached hydrogen (secondary N) is 2. The minimum absolute atomic E-state index is 0.105. The van der Waals surface area contributed by atoms with Gasteiger partial charge in [0.15, 0.2) is 0 Å². The van der Waals surface area contributed by atoms with E-state index in [9.17, 15) is 4.39 Å². The molecular formula is C20H26FN3. The van der Waals surface area contributed by atoms with Crippen LogP contribution in [-0.4, -0.2) is 17.5 Å². The molecule has 2 N–H and O–H groups in total. The summed E-state index contributed by atoms with van der Waals surface area (Å²) in [6, 6.07) is 16.0. The fourth-order valence-electron chi connectivity index (χ4n) is 3.21. The lowest BCUT2D eigenvalue weighted by atomic mass is 10.0. The van der Waals surface area contributed by atoms with Crippen molar-refractivity contribution < 1.29 is 4.39 Å². The molecule has 1 unspecified atom stereocenters. The molecule has 0 aliphatic carbocycles. The first-order valence-corrected chi connectivity index (χ1v) is 8.77. The van der Waals surface area contributed by atoms with Crippen LogP contribution in [-0.2, 0) is 13.1 Å². The van der Waals surface area contributed by atoms with Gasteiger partial charge in [0.2, 0.25) is 0 Å². The zero-order chi connectivity index (χ0) is 16.8. The molecule has 1 heterocycles. The maximum atomic E-state index is 14.4. The molecule has 0 aromatic heterocycles. The number of piperidine rings is 1. The van der Waals surface area contributed by atoms with E-state index < -0.39 is 0 Å². The first kappa shape index (κ1) is 16.9. The fraction of sp³-hybridized carbons (Fsp3) is 0.400. The van der Waals surface area contributed by atoms with Gasteiger partial charge in [0, 0.05) is 30.4 Å². The molecule has 3 rings (SSSR count). The number of hydrogen-bond acceptors (Lipinski definition) is 3. The lowest BCUT2D eigenvalue weighted by Crippen LogP contribution is -2.37. The molecular weight excluding hydrogens is 301 g/mol. The molecule has 1 fully saturated rings. The van der Waals surface area contributed by atoms with Gasteiger partial charge >= 0.3 is 0 Å². The number of benzene rings is 2. The van der Waals surface area contributed by atoms with Gasteiger partial charge in [-0.25, -0.2) is 9.82 Å². The highest BCUT2D eigenvalue weighted by atomic mass is 19.1. The minimum Gasteiger partial charge on any atom is -0.321 e. The van der Waals surface area contributed by atoms with Crippen LogP contribution in [0.5, 0.6) is 0 Å². The lowest BCUT2D eigenvalue weighted by Gasteiger charge is -2.33. The number of nitrogens with zero attached hydrogens (tertiary/aromatic N) is 1. The van der Waals surface area contributed by atoms with Crippen molar-refractivity contribution >= 4 is 5.69 Å². The highest BCUT2D eigenvalue weighted by Crippen LogP contribution is 2.21. The van der Waals surface area contributed by atoms with Crippen LogP contribution in [0, 0.1) is 5.82 Å². The summed E-state index contributed by atoms with van der Waals surface area (Å²) in [5.41, 5.74) is 8.97. The van der Waals surface area contributed by atoms with E-state index >= 15 is 0 Å². The quantitative estimate of drug-likeness (QED) is 0.774. The SMILES string of the molecule is CC1CCCCN1Cc1ccc(CNNc2ccccc2)cc1F. The van der Waals surface area contributed by atoms with E-state index in [2.05, 4.69) is 22.7 Å². The first-order valence-electron chi connectivity index (χ1n) is 8.77. The number of para-hydroxylation sites is 1. The van der Waals surface area contributed by atoms with E-state index in [0.29, 0.717) is 19.1 Å². The van der Waals surface area contributed by atoms with Crippen molar-refractivity contribution in [2.75, 3.05) is 12.0 Å². The van der Waals surface area contributed by atoms with E-state index in [0.717, 1.165) is 23.4 Å². The van der Waals surface area contributed by atoms with E-state index in [1.165, 1.54) is 19.3 Å². The van der Waals surface area contributed by atoms with E-state index in [4.69, 9.17) is 0 Å². The van der Waals surface area contributed by atoms with Crippen molar-refractivity contribution in [2.24, 2.45) is 0 Å². The van der Waals surface area contributed by atoms with E-state index in [1.807, 2.05) is 42.5 Å². The molecule has 4 heteroatoms. The van der Waals surface area contributed by atoms with Crippen LogP contribution < -0.4 is 10.9 Å². The Kier molecular flexibility index (Phi) is 5.83. The second-order valence-corrected chi connectivity index (χ2v) is 6.59. The van der Waals surface area contributed by atoms with Crippen molar-refractivity contribution in [1.29, 1.82) is 0 Å². The average Bonchev–Trinajstić information content (AvgIpc) is 2.60. The molecule has 1 atom stereocenters. The number of hydrogen-bond donors (Lipinski definition) is 2. The smallest absolute Gasteiger partial charge is 0.128 e. The third kappa shape index (κ3) is 4.56. The van der Waals surface area contributed by atoms with E-state index in [1.54, 1.807) is 6.07 Å². The van der Waals surface area contributed by atoms with Gasteiger partial charge in [-0.2, -0.15) is 0 Å². The van der Waals surface area contributed by atoms with Gasteiger partial charge in [-0.15, -0.1) is 0 Å². The van der Waals surface area contributed by atoms with Gasteiger partial charge in [-0.3, -0.25) is 4.90 Å². The van der Waals surface area contributed by atoms with Crippen molar-refractivity contribution in [1.82, 2.24) is 10.3 Å². The number of rotatable bonds is 6. The molecule has 24 heavy (non-hydrogen) atoms. The lowest BCUT2D eigenvalue weighted by molar-refractivity contribution is 0.151. The summed E-state index contributed by atoms with van der Waals surface area (Å²) in [6.07, 6.45) is 3.73. The molecule has 1 saturated heterocycles. The van der Waals surface area contributed by atoms with Crippen LogP contribution in [0.25, 0.3) is 0 Å². The van der Waals surface area contributed by atoms with Crippen molar-refractivity contribution in [3.05, 3.63) is 65.5 Å². The molecule has 3 nitrogen and oxygen atoms in total. The Hall–Kier alpha value is -1.91. The Morgan fingerprint density at radius 1 is 1.12 bits per heavy atom. The number of hydrazine groups is 1. The number of anilines is 1. The monoisotopic (exact) mass is 327 g/mol. The summed E-state index contributed by atoms with van der Waals surface area (Å²) < 4.78 is 14.4. The van der Waals surface area contributed by atoms with Crippen LogP contribution in [0.3, 0.4) is 0 Å². The highest BCUT2D eigenvalue weighted by Gasteiger charge is 2.19. The third-order valence-corrected chi connectivity index (χ3v) is 4.73. The van der Waals surface area contributed by atoms with Gasteiger partial charge in [0.25, 0.3) is 0 Å². The largest absolute Gasteiger partial charge is 0.321 e. The molecule has 128 valence electrons. The van der Waals surface area contributed by atoms with Crippen LogP contribution >= 0.6 is 0 Å². The van der Waals surface area contributed by atoms with Crippen molar-refractivity contribution in [3.8, 4) is 0 Å². The van der Waals surface area contributed by atoms with Crippen LogP contribution in [0.4, 0.5) is 10.1 Å². The summed E-state index contributed by atoms with van der Waals surface area (Å²) in [7, 11) is 0. The zero-order valence-electron chi connectivity index (χ0n) is 14.3. The summed E-state index contributed by atoms with van der Waals surface area (Å²) in [5, 5.41) is 0. The average molecular weight is 327 g/mol. The minimum atomic E-state index is -0.105. The first-order chi connectivity index (χ1) is 11.7. The fourth-order valence-corrected chi connectivity index (χ4v) is 3.21. The topological polar surface area (TPSA) is 27.3 Å². The maximum Gasteiger partial charge on any atom is 0.128 e. The summed E-state index contributed by atoms with van der Waals surface area (Å²) in [4.78, 5) is 2.39. The predicted molar refractivity (Wildman–Crippen MR) is 97.0 cm³/mol. The molecule has 0 bridgehead atoms. The Morgan fingerprint density at radius 3 is 2.71 bits per heavy atom. The van der Waals surface area contributed by atoms with Gasteiger partial charge < -0.3 is 5.43 Å². The second-order valence-electron chi connectivity index (χ2n) is 6.59. The van der Waals surface area contributed by atoms with Crippen LogP contribution in [0.1, 0.15) is 37.3 Å². The van der Waals surface area contributed by atoms with Gasteiger partial charge in [-0.05, 0) is 50.1 Å². The van der Waals surface area contributed by atoms with Crippen LogP contribution in [0.15, 0.2) is 48.5 Å². The summed E-state index contributed by atoms with van der Waals surface area (Å²) in [6.45, 7) is 4.60. The van der Waals surface area contributed by atoms with Gasteiger partial charge in [0.05, 0.1) is 0 Å². The standard InChI is InChI=1S/C20H26FN3/c1-16-7-5-6-12-24(16)15-18-11-10-17(13-20(18)21)14-22-23-19-8-3-2-4-9-19/h2-4,8-11,13,16,22-23H,5-7,12,14-15H2,1H3. The Balaban J connectivity index is 1.54. The molecule has 1 aliphatic heterocycles. The summed E-state index contributed by atoms with van der Waals surface area (Å²) in [5.74, 6) is -0.105. The molecule has 1 aliphatic rings. The number of likely N-dealkylation sites (tertiary alicyclic amines) is 1. The van der Waals surface area contributed by atoms with Crippen LogP contribution in [0.2, 0.25) is 0 Å².